The lowest BCUT2D eigenvalue weighted by Gasteiger charge is -2.29. The number of hydrogen-bond donors (Lipinski definition) is 2. The van der Waals surface area contributed by atoms with E-state index in [1.165, 1.54) is 7.11 Å². The summed E-state index contributed by atoms with van der Waals surface area (Å²) in [5, 5.41) is 2.60. The molecule has 1 amide bonds. The molecule has 0 bridgehead atoms. The van der Waals surface area contributed by atoms with Gasteiger partial charge in [-0.05, 0) is 18.2 Å². The van der Waals surface area contributed by atoms with Crippen LogP contribution in [-0.2, 0) is 14.3 Å². The van der Waals surface area contributed by atoms with E-state index < -0.39 is 5.97 Å². The standard InChI is InChI=1S/C14H19N3O4.2ClH/c1-20-14(19)11-8-10(17-4-6-21-7-5-17)2-3-12(11)16-13(18)9-15;;/h2-3,8H,4-7,9,15H2,1H3,(H,16,18);2*1H. The number of nitrogens with one attached hydrogen (secondary N) is 1. The van der Waals surface area contributed by atoms with Gasteiger partial charge in [-0.1, -0.05) is 0 Å². The van der Waals surface area contributed by atoms with Crippen LogP contribution in [0.25, 0.3) is 0 Å². The molecule has 23 heavy (non-hydrogen) atoms. The van der Waals surface area contributed by atoms with E-state index in [0.717, 1.165) is 18.8 Å². The molecular formula is C14H21Cl2N3O4. The van der Waals surface area contributed by atoms with Crippen molar-refractivity contribution in [1.29, 1.82) is 0 Å². The van der Waals surface area contributed by atoms with Crippen molar-refractivity contribution in [1.82, 2.24) is 0 Å². The number of rotatable bonds is 4. The van der Waals surface area contributed by atoms with Crippen LogP contribution >= 0.6 is 24.8 Å². The van der Waals surface area contributed by atoms with Crippen molar-refractivity contribution < 1.29 is 19.1 Å². The molecule has 1 heterocycles. The highest BCUT2D eigenvalue weighted by Crippen LogP contribution is 2.25. The van der Waals surface area contributed by atoms with Crippen LogP contribution < -0.4 is 16.0 Å². The van der Waals surface area contributed by atoms with Gasteiger partial charge in [0, 0.05) is 18.8 Å². The van der Waals surface area contributed by atoms with Crippen LogP contribution in [0.5, 0.6) is 0 Å². The third-order valence-corrected chi connectivity index (χ3v) is 3.24. The van der Waals surface area contributed by atoms with Crippen LogP contribution in [0.1, 0.15) is 10.4 Å². The second kappa shape index (κ2) is 10.3. The molecule has 0 aromatic heterocycles. The molecular weight excluding hydrogens is 345 g/mol. The number of benzene rings is 1. The van der Waals surface area contributed by atoms with Crippen molar-refractivity contribution in [2.24, 2.45) is 5.73 Å². The SMILES string of the molecule is COC(=O)c1cc(N2CCOCC2)ccc1NC(=O)CN.Cl.Cl. The minimum atomic E-state index is -0.502. The molecule has 0 aliphatic carbocycles. The Morgan fingerprint density at radius 1 is 1.30 bits per heavy atom. The third-order valence-electron chi connectivity index (χ3n) is 3.24. The van der Waals surface area contributed by atoms with Gasteiger partial charge in [0.25, 0.3) is 0 Å². The van der Waals surface area contributed by atoms with Crippen molar-refractivity contribution in [2.75, 3.05) is 50.2 Å². The van der Waals surface area contributed by atoms with E-state index >= 15 is 0 Å². The summed E-state index contributed by atoms with van der Waals surface area (Å²) in [5.74, 6) is -0.864. The summed E-state index contributed by atoms with van der Waals surface area (Å²) >= 11 is 0. The molecule has 9 heteroatoms. The first-order valence-electron chi connectivity index (χ1n) is 6.70. The Kier molecular flexibility index (Phi) is 9.59. The smallest absolute Gasteiger partial charge is 0.340 e. The van der Waals surface area contributed by atoms with Crippen LogP contribution in [0.3, 0.4) is 0 Å². The normalized spacial score (nSPS) is 13.4. The number of esters is 1. The number of nitrogens with two attached hydrogens (primary N) is 1. The van der Waals surface area contributed by atoms with Crippen molar-refractivity contribution in [2.45, 2.75) is 0 Å². The predicted molar refractivity (Wildman–Crippen MR) is 93.0 cm³/mol. The van der Waals surface area contributed by atoms with E-state index in [0.29, 0.717) is 24.5 Å². The Morgan fingerprint density at radius 2 is 1.96 bits per heavy atom. The first-order chi connectivity index (χ1) is 10.2. The van der Waals surface area contributed by atoms with Gasteiger partial charge in [-0.2, -0.15) is 0 Å². The van der Waals surface area contributed by atoms with Crippen LogP contribution in [0.15, 0.2) is 18.2 Å². The molecule has 0 unspecified atom stereocenters. The number of amides is 1. The molecule has 0 atom stereocenters. The molecule has 1 aliphatic heterocycles. The number of hydrogen-bond acceptors (Lipinski definition) is 6. The number of nitrogens with zero attached hydrogens (tertiary/aromatic N) is 1. The minimum absolute atomic E-state index is 0. The number of halogens is 2. The largest absolute Gasteiger partial charge is 0.465 e. The van der Waals surface area contributed by atoms with Gasteiger partial charge in [-0.15, -0.1) is 24.8 Å². The van der Waals surface area contributed by atoms with Crippen LogP contribution in [0.2, 0.25) is 0 Å². The van der Waals surface area contributed by atoms with Gasteiger partial charge in [-0.3, -0.25) is 4.79 Å². The number of carbonyl (C=O) groups is 2. The molecule has 1 aliphatic rings. The molecule has 1 aromatic carbocycles. The fourth-order valence-electron chi connectivity index (χ4n) is 2.14. The molecule has 3 N–H and O–H groups in total. The lowest BCUT2D eigenvalue weighted by Crippen LogP contribution is -2.36. The average Bonchev–Trinajstić information content (AvgIpc) is 2.55. The van der Waals surface area contributed by atoms with Gasteiger partial charge in [-0.25, -0.2) is 4.79 Å². The highest BCUT2D eigenvalue weighted by atomic mass is 35.5. The van der Waals surface area contributed by atoms with Crippen LogP contribution in [0.4, 0.5) is 11.4 Å². The van der Waals surface area contributed by atoms with Gasteiger partial charge in [0.15, 0.2) is 0 Å². The maximum Gasteiger partial charge on any atom is 0.340 e. The summed E-state index contributed by atoms with van der Waals surface area (Å²) in [4.78, 5) is 25.4. The average molecular weight is 366 g/mol. The topological polar surface area (TPSA) is 93.9 Å². The Hall–Kier alpha value is -1.54. The fraction of sp³-hybridized carbons (Fsp3) is 0.429. The van der Waals surface area contributed by atoms with Gasteiger partial charge in [0.1, 0.15) is 0 Å². The first kappa shape index (κ1) is 21.5. The molecule has 0 saturated carbocycles. The maximum atomic E-state index is 11.9. The minimum Gasteiger partial charge on any atom is -0.465 e. The van der Waals surface area contributed by atoms with Gasteiger partial charge in [0.05, 0.1) is 38.1 Å². The number of anilines is 2. The van der Waals surface area contributed by atoms with Gasteiger partial charge in [0.2, 0.25) is 5.91 Å². The number of carbonyl (C=O) groups excluding carboxylic acids is 2. The van der Waals surface area contributed by atoms with E-state index in [1.807, 2.05) is 6.07 Å². The first-order valence-corrected chi connectivity index (χ1v) is 6.70. The molecule has 0 radical (unpaired) electrons. The summed E-state index contributed by atoms with van der Waals surface area (Å²) in [7, 11) is 1.30. The van der Waals surface area contributed by atoms with Crippen molar-refractivity contribution in [3.63, 3.8) is 0 Å². The van der Waals surface area contributed by atoms with E-state index in [4.69, 9.17) is 15.2 Å². The Balaban J connectivity index is 0.00000242. The zero-order chi connectivity index (χ0) is 15.2. The second-order valence-corrected chi connectivity index (χ2v) is 4.57. The van der Waals surface area contributed by atoms with Gasteiger partial charge < -0.3 is 25.4 Å². The molecule has 1 saturated heterocycles. The summed E-state index contributed by atoms with van der Waals surface area (Å²) < 4.78 is 10.1. The predicted octanol–water partition coefficient (Wildman–Crippen LogP) is 1.05. The molecule has 1 fully saturated rings. The lowest BCUT2D eigenvalue weighted by molar-refractivity contribution is -0.114. The molecule has 2 rings (SSSR count). The Morgan fingerprint density at radius 3 is 2.52 bits per heavy atom. The molecule has 1 aromatic rings. The summed E-state index contributed by atoms with van der Waals surface area (Å²) in [5.41, 5.74) is 6.87. The van der Waals surface area contributed by atoms with E-state index in [9.17, 15) is 9.59 Å². The molecule has 7 nitrogen and oxygen atoms in total. The Bertz CT molecular complexity index is 537. The monoisotopic (exact) mass is 365 g/mol. The van der Waals surface area contributed by atoms with E-state index in [1.54, 1.807) is 12.1 Å². The van der Waals surface area contributed by atoms with E-state index in [2.05, 4.69) is 10.2 Å². The summed E-state index contributed by atoms with van der Waals surface area (Å²) in [6, 6.07) is 5.25. The lowest BCUT2D eigenvalue weighted by atomic mass is 10.1. The summed E-state index contributed by atoms with van der Waals surface area (Å²) in [6.45, 7) is 2.68. The highest BCUT2D eigenvalue weighted by Gasteiger charge is 2.18. The fourth-order valence-corrected chi connectivity index (χ4v) is 2.14. The second-order valence-electron chi connectivity index (χ2n) is 4.57. The Labute approximate surface area is 147 Å². The highest BCUT2D eigenvalue weighted by molar-refractivity contribution is 6.02. The number of methoxy groups -OCH3 is 1. The number of morpholine rings is 1. The van der Waals surface area contributed by atoms with E-state index in [-0.39, 0.29) is 37.3 Å². The van der Waals surface area contributed by atoms with Crippen LogP contribution in [-0.4, -0.2) is 51.8 Å². The van der Waals surface area contributed by atoms with Crippen molar-refractivity contribution in [3.05, 3.63) is 23.8 Å². The zero-order valence-electron chi connectivity index (χ0n) is 12.7. The molecule has 0 spiro atoms. The summed E-state index contributed by atoms with van der Waals surface area (Å²) in [6.07, 6.45) is 0. The van der Waals surface area contributed by atoms with Crippen LogP contribution in [0, 0.1) is 0 Å². The quantitative estimate of drug-likeness (QED) is 0.774. The van der Waals surface area contributed by atoms with Gasteiger partial charge >= 0.3 is 5.97 Å². The third kappa shape index (κ3) is 5.54. The van der Waals surface area contributed by atoms with Crippen molar-refractivity contribution in [3.8, 4) is 0 Å². The number of ether oxygens (including phenoxy) is 2. The maximum absolute atomic E-state index is 11.9. The van der Waals surface area contributed by atoms with Crippen molar-refractivity contribution >= 4 is 48.1 Å². The molecule has 130 valence electrons. The zero-order valence-corrected chi connectivity index (χ0v) is 14.4.